The van der Waals surface area contributed by atoms with Crippen LogP contribution in [0, 0.1) is 0 Å². The Morgan fingerprint density at radius 2 is 1.89 bits per heavy atom. The molecule has 2 radical (unpaired) electrons. The minimum atomic E-state index is -1.84. The molecular weight excluding hydrogens is 769 g/mol. The number of ether oxygens (including phenoxy) is 2. The molecule has 1 fully saturated rings. The third-order valence-corrected chi connectivity index (χ3v) is 9.95. The number of halogens is 2. The molecule has 0 bridgehead atoms. The van der Waals surface area contributed by atoms with Crippen LogP contribution in [0.15, 0.2) is 18.2 Å². The van der Waals surface area contributed by atoms with Crippen molar-refractivity contribution in [3.63, 3.8) is 0 Å². The number of anilines is 1. The molecule has 13 nitrogen and oxygen atoms in total. The molecule has 21 heteroatoms. The van der Waals surface area contributed by atoms with Crippen molar-refractivity contribution in [2.24, 2.45) is 0 Å². The molecule has 1 aromatic rings. The number of carbonyl (C=O) groups excluding carboxylic acids is 3. The molecule has 38 heavy (non-hydrogen) atoms. The van der Waals surface area contributed by atoms with Gasteiger partial charge >= 0.3 is 251 Å². The number of likely N-dealkylation sites (N-methyl/N-ethyl adjacent to an activating group) is 1. The van der Waals surface area contributed by atoms with Crippen LogP contribution >= 0.6 is 57.7 Å². The first-order valence-electron chi connectivity index (χ1n) is 10.4. The zero-order valence-electron chi connectivity index (χ0n) is 19.5. The van der Waals surface area contributed by atoms with Gasteiger partial charge in [-0.1, -0.05) is 0 Å². The second-order valence-electron chi connectivity index (χ2n) is 7.52. The molecule has 0 aliphatic carbocycles. The summed E-state index contributed by atoms with van der Waals surface area (Å²) in [6.07, 6.45) is -9.54. The van der Waals surface area contributed by atoms with E-state index >= 15 is 0 Å². The van der Waals surface area contributed by atoms with Crippen LogP contribution in [-0.4, -0.2) is 114 Å². The summed E-state index contributed by atoms with van der Waals surface area (Å²) in [6, 6.07) is 6.37. The van der Waals surface area contributed by atoms with Crippen LogP contribution in [-0.2, 0) is 29.8 Å². The van der Waals surface area contributed by atoms with Crippen LogP contribution in [0.2, 0.25) is 0 Å². The van der Waals surface area contributed by atoms with E-state index in [1.165, 1.54) is 31.3 Å². The van der Waals surface area contributed by atoms with E-state index in [4.69, 9.17) is 21.4 Å². The van der Waals surface area contributed by atoms with E-state index in [0.29, 0.717) is 12.6 Å². The summed E-state index contributed by atoms with van der Waals surface area (Å²) in [5.74, 6) is -0.763. The molecule has 5 N–H and O–H groups in total. The van der Waals surface area contributed by atoms with Crippen molar-refractivity contribution in [2.75, 3.05) is 18.9 Å². The summed E-state index contributed by atoms with van der Waals surface area (Å²) in [6.45, 7) is -0.826. The zero-order chi connectivity index (χ0) is 28.6. The van der Waals surface area contributed by atoms with Gasteiger partial charge in [0.15, 0.2) is 0 Å². The molecule has 1 heterocycles. The number of aliphatic hydroxyl groups excluding tert-OH is 4. The van der Waals surface area contributed by atoms with Crippen LogP contribution < -0.4 is 10.1 Å². The van der Waals surface area contributed by atoms with E-state index < -0.39 is 76.2 Å². The number of benzene rings is 1. The minimum absolute atomic E-state index is 0.00877. The number of carbonyl (C=O) groups is 3. The van der Waals surface area contributed by atoms with Gasteiger partial charge in [-0.2, -0.15) is 0 Å². The van der Waals surface area contributed by atoms with Gasteiger partial charge in [-0.15, -0.1) is 0 Å². The molecule has 202 valence electrons. The second kappa shape index (κ2) is 16.0. The van der Waals surface area contributed by atoms with Crippen molar-refractivity contribution in [1.29, 1.82) is 0 Å². The molecule has 4 unspecified atom stereocenters. The van der Waals surface area contributed by atoms with E-state index in [1.807, 2.05) is 0 Å². The van der Waals surface area contributed by atoms with E-state index in [0.717, 1.165) is 10.9 Å². The number of nitrogens with one attached hydrogen (secondary N) is 1. The molecule has 1 aliphatic rings. The average molecular weight is 790 g/mol. The molecule has 0 spiro atoms. The molecular formula is C17H20B4I2N2O11S2. The van der Waals surface area contributed by atoms with Gasteiger partial charge in [0.2, 0.25) is 0 Å². The predicted octanol–water partition coefficient (Wildman–Crippen LogP) is -0.662. The number of hydrogen-bond acceptors (Lipinski definition) is 11. The van der Waals surface area contributed by atoms with E-state index in [-0.39, 0.29) is 11.4 Å². The topological polar surface area (TPSA) is 192 Å². The number of hydrogen-bond donors (Lipinski definition) is 5. The van der Waals surface area contributed by atoms with Gasteiger partial charge < -0.3 is 0 Å². The van der Waals surface area contributed by atoms with E-state index in [2.05, 4.69) is 5.32 Å². The Hall–Kier alpha value is -0.550. The maximum absolute atomic E-state index is 12.6. The maximum atomic E-state index is 12.6. The SMILES string of the molecule is [B]B=S(I)OC(=O)N(C)CC(=O)Nc1cc(CO)ccc1O[C@@H]1OC(C(=O)S(I)=BB=O)[C@@H](O)[C@H](O)C1O. The fraction of sp³-hybridized carbons (Fsp3) is 0.471. The Morgan fingerprint density at radius 1 is 1.21 bits per heavy atom. The number of nitrogens with zero attached hydrogens (tertiary/aromatic N) is 1. The summed E-state index contributed by atoms with van der Waals surface area (Å²) in [5.41, 5.74) is 0.384. The van der Waals surface area contributed by atoms with Crippen molar-refractivity contribution in [1.82, 2.24) is 4.90 Å². The standard InChI is InChI=1S/C17H20B4I2N2O11S2/c1-25(17(32)36-38(23)19-18)5-10(27)24-8-4-7(6-26)2-3-9(8)34-16-13(30)11(28)12(29)14(35-16)15(31)37(22)21-20-33/h2-4,11-14,16,26,28-30H,5-6H2,1H3,(H,24,27)/t11-,12-,13?,14?,16+,37?,38?/m0/s1. The fourth-order valence-corrected chi connectivity index (χ4v) is 5.54. The van der Waals surface area contributed by atoms with E-state index in [9.17, 15) is 39.5 Å². The molecule has 0 aromatic heterocycles. The van der Waals surface area contributed by atoms with Gasteiger partial charge in [0.05, 0.1) is 0 Å². The Labute approximate surface area is 249 Å². The first-order valence-corrected chi connectivity index (χ1v) is 18.0. The van der Waals surface area contributed by atoms with Crippen LogP contribution in [0.4, 0.5) is 10.5 Å². The molecule has 0 saturated carbocycles. The van der Waals surface area contributed by atoms with Crippen LogP contribution in [0.25, 0.3) is 0 Å². The number of aliphatic hydroxyl groups is 4. The van der Waals surface area contributed by atoms with Crippen LogP contribution in [0.5, 0.6) is 5.75 Å². The number of rotatable bonds is 9. The summed E-state index contributed by atoms with van der Waals surface area (Å²) in [5, 5.41) is 42.3. The third kappa shape index (κ3) is 9.25. The van der Waals surface area contributed by atoms with Crippen molar-refractivity contribution in [3.05, 3.63) is 23.8 Å². The molecule has 7 atom stereocenters. The number of amides is 2. The van der Waals surface area contributed by atoms with Gasteiger partial charge in [0.25, 0.3) is 0 Å². The summed E-state index contributed by atoms with van der Waals surface area (Å²) in [7, 11) is 4.78. The van der Waals surface area contributed by atoms with Crippen molar-refractivity contribution < 1.29 is 53.2 Å². The Bertz CT molecular complexity index is 1140. The first-order chi connectivity index (χ1) is 17.9. The monoisotopic (exact) mass is 790 g/mol. The van der Waals surface area contributed by atoms with Gasteiger partial charge in [-0.05, 0) is 0 Å². The van der Waals surface area contributed by atoms with Crippen molar-refractivity contribution in [2.45, 2.75) is 37.3 Å². The van der Waals surface area contributed by atoms with Gasteiger partial charge in [0.1, 0.15) is 0 Å². The molecule has 2 amide bonds. The van der Waals surface area contributed by atoms with E-state index in [1.54, 1.807) is 42.4 Å². The molecule has 1 aromatic carbocycles. The molecule has 1 aliphatic heterocycles. The van der Waals surface area contributed by atoms with Gasteiger partial charge in [-0.25, -0.2) is 0 Å². The molecule has 1 saturated heterocycles. The Morgan fingerprint density at radius 3 is 2.50 bits per heavy atom. The quantitative estimate of drug-likeness (QED) is 0.158. The second-order valence-corrected chi connectivity index (χ2v) is 15.1. The van der Waals surface area contributed by atoms with Gasteiger partial charge in [-0.3, -0.25) is 0 Å². The Balaban J connectivity index is 2.25. The molecule has 2 rings (SSSR count). The summed E-state index contributed by atoms with van der Waals surface area (Å²) >= 11 is 3.47. The zero-order valence-corrected chi connectivity index (χ0v) is 25.5. The van der Waals surface area contributed by atoms with Crippen molar-refractivity contribution in [3.8, 4) is 5.75 Å². The van der Waals surface area contributed by atoms with Crippen LogP contribution in [0.3, 0.4) is 0 Å². The fourth-order valence-electron chi connectivity index (χ4n) is 3.00. The summed E-state index contributed by atoms with van der Waals surface area (Å²) < 4.78 is 26.9. The normalized spacial score (nSPS) is 24.2. The van der Waals surface area contributed by atoms with Crippen LogP contribution in [0.1, 0.15) is 5.56 Å². The predicted molar refractivity (Wildman–Crippen MR) is 159 cm³/mol. The Kier molecular flexibility index (Phi) is 14.2. The average Bonchev–Trinajstić information content (AvgIpc) is 2.89. The first kappa shape index (κ1) is 33.7. The van der Waals surface area contributed by atoms with Crippen molar-refractivity contribution >= 4 is 107 Å². The summed E-state index contributed by atoms with van der Waals surface area (Å²) in [4.78, 5) is 38.3. The third-order valence-electron chi connectivity index (χ3n) is 4.86. The van der Waals surface area contributed by atoms with Gasteiger partial charge in [0, 0.05) is 0 Å².